The summed E-state index contributed by atoms with van der Waals surface area (Å²) in [4.78, 5) is 11.0. The van der Waals surface area contributed by atoms with E-state index in [1.165, 1.54) is 0 Å². The Morgan fingerprint density at radius 3 is 2.47 bits per heavy atom. The van der Waals surface area contributed by atoms with Gasteiger partial charge in [-0.25, -0.2) is 0 Å². The summed E-state index contributed by atoms with van der Waals surface area (Å²) in [5, 5.41) is 1.96. The molecule has 86 valence electrons. The molecule has 0 atom stereocenters. The van der Waals surface area contributed by atoms with E-state index < -0.39 is 0 Å². The quantitative estimate of drug-likeness (QED) is 0.741. The number of benzene rings is 2. The molecule has 3 rings (SSSR count). The van der Waals surface area contributed by atoms with Crippen LogP contribution in [0, 0.1) is 0 Å². The largest absolute Gasteiger partial charge is 0.346 e. The van der Waals surface area contributed by atoms with Crippen LogP contribution in [0.2, 0.25) is 0 Å². The van der Waals surface area contributed by atoms with Crippen LogP contribution in [0.15, 0.2) is 36.4 Å². The highest BCUT2D eigenvalue weighted by molar-refractivity contribution is 5.99. The highest BCUT2D eigenvalue weighted by Gasteiger charge is 2.20. The van der Waals surface area contributed by atoms with Gasteiger partial charge in [-0.1, -0.05) is 36.4 Å². The summed E-state index contributed by atoms with van der Waals surface area (Å²) in [6.07, 6.45) is 0.572. The predicted octanol–water partition coefficient (Wildman–Crippen LogP) is 2.70. The summed E-state index contributed by atoms with van der Waals surface area (Å²) in [6.45, 7) is 1.24. The normalized spacial score (nSPS) is 16.5. The van der Waals surface area contributed by atoms with Crippen LogP contribution in [0.3, 0.4) is 0 Å². The molecule has 0 amide bonds. The Labute approximate surface area is 99.0 Å². The van der Waals surface area contributed by atoms with Crippen molar-refractivity contribution in [2.24, 2.45) is 0 Å². The number of carbonyl (C=O) groups is 1. The van der Waals surface area contributed by atoms with Gasteiger partial charge in [-0.15, -0.1) is 0 Å². The molecule has 17 heavy (non-hydrogen) atoms. The second-order valence-corrected chi connectivity index (χ2v) is 3.98. The van der Waals surface area contributed by atoms with E-state index in [2.05, 4.69) is 0 Å². The predicted molar refractivity (Wildman–Crippen MR) is 64.0 cm³/mol. The molecule has 0 radical (unpaired) electrons. The van der Waals surface area contributed by atoms with Gasteiger partial charge < -0.3 is 9.47 Å². The van der Waals surface area contributed by atoms with E-state index in [9.17, 15) is 4.79 Å². The topological polar surface area (TPSA) is 35.5 Å². The minimum atomic E-state index is -0.305. The summed E-state index contributed by atoms with van der Waals surface area (Å²) in [5.41, 5.74) is 1.69. The lowest BCUT2D eigenvalue weighted by atomic mass is 10.0. The highest BCUT2D eigenvalue weighted by Crippen LogP contribution is 2.30. The van der Waals surface area contributed by atoms with Crippen LogP contribution in [0.1, 0.15) is 22.2 Å². The van der Waals surface area contributed by atoms with Gasteiger partial charge in [0.1, 0.15) is 0 Å². The Kier molecular flexibility index (Phi) is 2.63. The Balaban J connectivity index is 2.21. The van der Waals surface area contributed by atoms with E-state index in [0.717, 1.165) is 22.6 Å². The fourth-order valence-electron chi connectivity index (χ4n) is 2.20. The van der Waals surface area contributed by atoms with E-state index in [0.29, 0.717) is 18.8 Å². The van der Waals surface area contributed by atoms with Crippen LogP contribution < -0.4 is 0 Å². The van der Waals surface area contributed by atoms with Crippen molar-refractivity contribution in [3.05, 3.63) is 47.5 Å². The average molecular weight is 228 g/mol. The first-order chi connectivity index (χ1) is 8.40. The number of ether oxygens (including phenoxy) is 2. The van der Waals surface area contributed by atoms with Crippen molar-refractivity contribution in [3.63, 3.8) is 0 Å². The van der Waals surface area contributed by atoms with Crippen LogP contribution in [-0.4, -0.2) is 19.5 Å². The third kappa shape index (κ3) is 1.73. The zero-order valence-corrected chi connectivity index (χ0v) is 9.26. The number of hydrogen-bond acceptors (Lipinski definition) is 3. The van der Waals surface area contributed by atoms with E-state index in [4.69, 9.17) is 9.47 Å². The molecule has 3 heteroatoms. The Morgan fingerprint density at radius 2 is 1.71 bits per heavy atom. The van der Waals surface area contributed by atoms with Gasteiger partial charge in [0.15, 0.2) is 12.6 Å². The lowest BCUT2D eigenvalue weighted by molar-refractivity contribution is -0.0430. The van der Waals surface area contributed by atoms with Gasteiger partial charge >= 0.3 is 0 Å². The van der Waals surface area contributed by atoms with E-state index in [-0.39, 0.29) is 6.29 Å². The van der Waals surface area contributed by atoms with Crippen molar-refractivity contribution >= 4 is 17.1 Å². The lowest BCUT2D eigenvalue weighted by Gasteiger charge is -2.13. The van der Waals surface area contributed by atoms with Gasteiger partial charge in [-0.05, 0) is 10.8 Å². The van der Waals surface area contributed by atoms with Crippen molar-refractivity contribution in [2.75, 3.05) is 13.2 Å². The van der Waals surface area contributed by atoms with Crippen LogP contribution in [0.4, 0.5) is 0 Å². The van der Waals surface area contributed by atoms with E-state index in [1.807, 2.05) is 36.4 Å². The van der Waals surface area contributed by atoms with Gasteiger partial charge in [-0.2, -0.15) is 0 Å². The first-order valence-electron chi connectivity index (χ1n) is 5.60. The summed E-state index contributed by atoms with van der Waals surface area (Å²) < 4.78 is 11.0. The van der Waals surface area contributed by atoms with Crippen molar-refractivity contribution in [1.82, 2.24) is 0 Å². The fraction of sp³-hybridized carbons (Fsp3) is 0.214. The molecule has 2 aromatic rings. The first-order valence-corrected chi connectivity index (χ1v) is 5.60. The number of carbonyl (C=O) groups excluding carboxylic acids is 1. The summed E-state index contributed by atoms with van der Waals surface area (Å²) in [7, 11) is 0. The van der Waals surface area contributed by atoms with Crippen LogP contribution >= 0.6 is 0 Å². The van der Waals surface area contributed by atoms with Gasteiger partial charge in [0, 0.05) is 11.1 Å². The highest BCUT2D eigenvalue weighted by atomic mass is 16.7. The minimum Gasteiger partial charge on any atom is -0.346 e. The third-order valence-electron chi connectivity index (χ3n) is 2.99. The average Bonchev–Trinajstić information content (AvgIpc) is 2.91. The lowest BCUT2D eigenvalue weighted by Crippen LogP contribution is -1.99. The third-order valence-corrected chi connectivity index (χ3v) is 2.99. The summed E-state index contributed by atoms with van der Waals surface area (Å²) >= 11 is 0. The summed E-state index contributed by atoms with van der Waals surface area (Å²) in [5.74, 6) is 0. The molecule has 1 aliphatic rings. The standard InChI is InChI=1S/C14H12O3/c15-9-10-3-1-5-12-11(10)4-2-6-13(12)14-16-7-8-17-14/h1-6,9,14H,7-8H2. The molecule has 3 nitrogen and oxygen atoms in total. The van der Waals surface area contributed by atoms with Gasteiger partial charge in [0.25, 0.3) is 0 Å². The zero-order valence-electron chi connectivity index (χ0n) is 9.26. The molecule has 1 saturated heterocycles. The van der Waals surface area contributed by atoms with Crippen molar-refractivity contribution in [2.45, 2.75) is 6.29 Å². The number of hydrogen-bond donors (Lipinski definition) is 0. The first kappa shape index (κ1) is 10.4. The Hall–Kier alpha value is -1.71. The molecule has 0 aromatic heterocycles. The Morgan fingerprint density at radius 1 is 1.00 bits per heavy atom. The van der Waals surface area contributed by atoms with Crippen LogP contribution in [-0.2, 0) is 9.47 Å². The molecular weight excluding hydrogens is 216 g/mol. The maximum atomic E-state index is 11.0. The SMILES string of the molecule is O=Cc1cccc2c(C3OCCO3)cccc12. The molecule has 1 fully saturated rings. The van der Waals surface area contributed by atoms with Crippen LogP contribution in [0.5, 0.6) is 0 Å². The smallest absolute Gasteiger partial charge is 0.184 e. The van der Waals surface area contributed by atoms with Gasteiger partial charge in [-0.3, -0.25) is 4.79 Å². The number of rotatable bonds is 2. The molecule has 1 aliphatic heterocycles. The second-order valence-electron chi connectivity index (χ2n) is 3.98. The summed E-state index contributed by atoms with van der Waals surface area (Å²) in [6, 6.07) is 11.5. The van der Waals surface area contributed by atoms with Crippen molar-refractivity contribution in [3.8, 4) is 0 Å². The van der Waals surface area contributed by atoms with Gasteiger partial charge in [0.05, 0.1) is 13.2 Å². The number of aldehydes is 1. The second kappa shape index (κ2) is 4.28. The van der Waals surface area contributed by atoms with Crippen molar-refractivity contribution in [1.29, 1.82) is 0 Å². The minimum absolute atomic E-state index is 0.305. The molecule has 0 unspecified atom stereocenters. The molecule has 1 heterocycles. The monoisotopic (exact) mass is 228 g/mol. The van der Waals surface area contributed by atoms with Crippen LogP contribution in [0.25, 0.3) is 10.8 Å². The van der Waals surface area contributed by atoms with E-state index in [1.54, 1.807) is 0 Å². The van der Waals surface area contributed by atoms with Crippen molar-refractivity contribution < 1.29 is 14.3 Å². The van der Waals surface area contributed by atoms with E-state index >= 15 is 0 Å². The molecule has 0 bridgehead atoms. The molecular formula is C14H12O3. The number of fused-ring (bicyclic) bond motifs is 1. The molecule has 0 aliphatic carbocycles. The van der Waals surface area contributed by atoms with Gasteiger partial charge in [0.2, 0.25) is 0 Å². The molecule has 0 saturated carbocycles. The maximum Gasteiger partial charge on any atom is 0.184 e. The fourth-order valence-corrected chi connectivity index (χ4v) is 2.20. The Bertz CT molecular complexity index is 556. The maximum absolute atomic E-state index is 11.0. The zero-order chi connectivity index (χ0) is 11.7. The molecule has 0 spiro atoms. The molecule has 2 aromatic carbocycles. The molecule has 0 N–H and O–H groups in total.